The highest BCUT2D eigenvalue weighted by atomic mass is 32.2. The van der Waals surface area contributed by atoms with E-state index < -0.39 is 17.1 Å². The number of nitrogens with one attached hydrogen (secondary N) is 3. The first-order valence-electron chi connectivity index (χ1n) is 16.6. The van der Waals surface area contributed by atoms with Crippen LogP contribution < -0.4 is 25.4 Å². The van der Waals surface area contributed by atoms with E-state index in [-0.39, 0.29) is 11.6 Å². The summed E-state index contributed by atoms with van der Waals surface area (Å²) in [5.41, 5.74) is 5.19. The van der Waals surface area contributed by atoms with Crippen molar-refractivity contribution in [3.05, 3.63) is 161 Å². The monoisotopic (exact) mass is 740 g/mol. The third-order valence-electron chi connectivity index (χ3n) is 8.05. The van der Waals surface area contributed by atoms with E-state index in [9.17, 15) is 14.4 Å². The van der Waals surface area contributed by atoms with Gasteiger partial charge in [-0.05, 0) is 61.0 Å². The maximum atomic E-state index is 13.7. The van der Waals surface area contributed by atoms with Gasteiger partial charge in [-0.3, -0.25) is 14.4 Å². The summed E-state index contributed by atoms with van der Waals surface area (Å²) in [5, 5.41) is 10.5. The van der Waals surface area contributed by atoms with Crippen molar-refractivity contribution >= 4 is 57.7 Å². The fourth-order valence-corrected chi connectivity index (χ4v) is 7.08. The quantitative estimate of drug-likeness (QED) is 0.0799. The van der Waals surface area contributed by atoms with Crippen LogP contribution in [0.25, 0.3) is 17.3 Å². The van der Waals surface area contributed by atoms with Crippen molar-refractivity contribution in [1.29, 1.82) is 0 Å². The Labute approximate surface area is 316 Å². The number of aromatic nitrogens is 1. The second-order valence-electron chi connectivity index (χ2n) is 11.7. The van der Waals surface area contributed by atoms with E-state index in [0.29, 0.717) is 33.4 Å². The van der Waals surface area contributed by atoms with Gasteiger partial charge in [-0.1, -0.05) is 90.5 Å². The van der Waals surface area contributed by atoms with Crippen molar-refractivity contribution < 1.29 is 23.9 Å². The molecule has 0 aliphatic heterocycles. The maximum absolute atomic E-state index is 13.7. The van der Waals surface area contributed by atoms with Gasteiger partial charge in [0.15, 0.2) is 16.6 Å². The fourth-order valence-electron chi connectivity index (χ4n) is 5.33. The minimum atomic E-state index is -0.580. The van der Waals surface area contributed by atoms with Gasteiger partial charge in [0.2, 0.25) is 5.91 Å². The van der Waals surface area contributed by atoms with E-state index in [1.165, 1.54) is 43.4 Å². The van der Waals surface area contributed by atoms with Crippen LogP contribution in [0.5, 0.6) is 11.5 Å². The van der Waals surface area contributed by atoms with Crippen molar-refractivity contribution in [3.8, 4) is 22.8 Å². The van der Waals surface area contributed by atoms with Gasteiger partial charge in [-0.15, -0.1) is 23.1 Å². The third-order valence-corrected chi connectivity index (χ3v) is 10.1. The van der Waals surface area contributed by atoms with E-state index in [4.69, 9.17) is 9.47 Å². The van der Waals surface area contributed by atoms with Crippen molar-refractivity contribution in [2.75, 3.05) is 24.9 Å². The van der Waals surface area contributed by atoms with Crippen LogP contribution >= 0.6 is 23.1 Å². The molecule has 53 heavy (non-hydrogen) atoms. The SMILES string of the molecule is COc1cccc(/C=C(\NC(=O)c2ccccc2)C(=O)Nc2ccc(SC(C(=O)Nc3nc(-c4ccc(C)cc4)cs3)c3ccccc3)cc2)c1OC. The van der Waals surface area contributed by atoms with Crippen LogP contribution in [0.3, 0.4) is 0 Å². The first kappa shape index (κ1) is 36.6. The molecule has 0 fully saturated rings. The molecular weight excluding hydrogens is 705 g/mol. The Kier molecular flexibility index (Phi) is 12.0. The summed E-state index contributed by atoms with van der Waals surface area (Å²) in [6.07, 6.45) is 1.54. The summed E-state index contributed by atoms with van der Waals surface area (Å²) in [5.74, 6) is -0.316. The summed E-state index contributed by atoms with van der Waals surface area (Å²) < 4.78 is 11.0. The number of carbonyl (C=O) groups excluding carboxylic acids is 3. The number of anilines is 2. The summed E-state index contributed by atoms with van der Waals surface area (Å²) >= 11 is 2.76. The van der Waals surface area contributed by atoms with Gasteiger partial charge in [0.25, 0.3) is 11.8 Å². The number of thioether (sulfide) groups is 1. The molecule has 0 saturated carbocycles. The van der Waals surface area contributed by atoms with Crippen molar-refractivity contribution in [2.24, 2.45) is 0 Å². The lowest BCUT2D eigenvalue weighted by Gasteiger charge is -2.17. The van der Waals surface area contributed by atoms with Gasteiger partial charge >= 0.3 is 0 Å². The number of nitrogens with zero attached hydrogens (tertiary/aromatic N) is 1. The Morgan fingerprint density at radius 1 is 0.774 bits per heavy atom. The van der Waals surface area contributed by atoms with Gasteiger partial charge < -0.3 is 25.4 Å². The molecule has 9 nitrogen and oxygen atoms in total. The lowest BCUT2D eigenvalue weighted by molar-refractivity contribution is -0.116. The number of hydrogen-bond donors (Lipinski definition) is 3. The summed E-state index contributed by atoms with van der Waals surface area (Å²) in [4.78, 5) is 46.1. The summed E-state index contributed by atoms with van der Waals surface area (Å²) in [7, 11) is 3.03. The van der Waals surface area contributed by atoms with Crippen LogP contribution in [-0.4, -0.2) is 36.9 Å². The zero-order valence-electron chi connectivity index (χ0n) is 29.2. The average Bonchev–Trinajstić information content (AvgIpc) is 3.66. The molecule has 1 aromatic heterocycles. The minimum absolute atomic E-state index is 0.00241. The number of benzene rings is 5. The normalized spacial score (nSPS) is 11.6. The van der Waals surface area contributed by atoms with E-state index in [0.717, 1.165) is 27.3 Å². The molecule has 1 atom stereocenters. The lowest BCUT2D eigenvalue weighted by Crippen LogP contribution is -2.30. The van der Waals surface area contributed by atoms with E-state index in [2.05, 4.69) is 20.9 Å². The lowest BCUT2D eigenvalue weighted by atomic mass is 10.1. The fraction of sp³-hybridized carbons (Fsp3) is 0.0952. The zero-order chi connectivity index (χ0) is 37.2. The van der Waals surface area contributed by atoms with Gasteiger partial charge in [0.1, 0.15) is 10.9 Å². The molecule has 0 saturated heterocycles. The van der Waals surface area contributed by atoms with Gasteiger partial charge in [0, 0.05) is 32.7 Å². The number of aryl methyl sites for hydroxylation is 1. The van der Waals surface area contributed by atoms with E-state index in [1.807, 2.05) is 79.0 Å². The smallest absolute Gasteiger partial charge is 0.272 e. The predicted molar refractivity (Wildman–Crippen MR) is 212 cm³/mol. The van der Waals surface area contributed by atoms with Crippen molar-refractivity contribution in [2.45, 2.75) is 17.1 Å². The van der Waals surface area contributed by atoms with Crippen molar-refractivity contribution in [1.82, 2.24) is 10.3 Å². The predicted octanol–water partition coefficient (Wildman–Crippen LogP) is 9.02. The first-order valence-corrected chi connectivity index (χ1v) is 18.3. The molecule has 6 rings (SSSR count). The Hall–Kier alpha value is -6.17. The third kappa shape index (κ3) is 9.39. The molecule has 0 aliphatic carbocycles. The molecule has 266 valence electrons. The Morgan fingerprint density at radius 2 is 1.47 bits per heavy atom. The maximum Gasteiger partial charge on any atom is 0.272 e. The van der Waals surface area contributed by atoms with Crippen LogP contribution in [0.4, 0.5) is 10.8 Å². The highest BCUT2D eigenvalue weighted by Crippen LogP contribution is 2.38. The number of rotatable bonds is 13. The largest absolute Gasteiger partial charge is 0.493 e. The molecule has 3 N–H and O–H groups in total. The zero-order valence-corrected chi connectivity index (χ0v) is 30.8. The first-order chi connectivity index (χ1) is 25.8. The molecule has 0 bridgehead atoms. The van der Waals surface area contributed by atoms with Crippen LogP contribution in [0.1, 0.15) is 32.3 Å². The molecule has 1 heterocycles. The molecule has 0 radical (unpaired) electrons. The molecule has 11 heteroatoms. The molecule has 5 aromatic carbocycles. The van der Waals surface area contributed by atoms with Crippen molar-refractivity contribution in [3.63, 3.8) is 0 Å². The molecule has 6 aromatic rings. The summed E-state index contributed by atoms with van der Waals surface area (Å²) in [6, 6.07) is 38.7. The number of carbonyl (C=O) groups is 3. The second kappa shape index (κ2) is 17.4. The Morgan fingerprint density at radius 3 is 2.15 bits per heavy atom. The number of para-hydroxylation sites is 1. The van der Waals surface area contributed by atoms with Gasteiger partial charge in [-0.25, -0.2) is 4.98 Å². The average molecular weight is 741 g/mol. The standard InChI is InChI=1S/C42H36N4O5S2/c1-27-17-19-28(20-18-27)35-26-52-42(45-35)46-41(49)38(29-11-6-4-7-12-29)53-33-23-21-32(22-24-33)43-40(48)34(44-39(47)30-13-8-5-9-14-30)25-31-15-10-16-36(50-2)37(31)51-3/h4-26,38H,1-3H3,(H,43,48)(H,44,47)(H,45,46,49)/b34-25-. The van der Waals surface area contributed by atoms with Crippen LogP contribution in [-0.2, 0) is 9.59 Å². The van der Waals surface area contributed by atoms with E-state index in [1.54, 1.807) is 60.7 Å². The molecule has 1 unspecified atom stereocenters. The van der Waals surface area contributed by atoms with Crippen LogP contribution in [0.2, 0.25) is 0 Å². The number of methoxy groups -OCH3 is 2. The number of thiazole rings is 1. The number of amides is 3. The van der Waals surface area contributed by atoms with Gasteiger partial charge in [-0.2, -0.15) is 0 Å². The van der Waals surface area contributed by atoms with Gasteiger partial charge in [0.05, 0.1) is 19.9 Å². The highest BCUT2D eigenvalue weighted by molar-refractivity contribution is 8.00. The molecule has 0 aliphatic rings. The van der Waals surface area contributed by atoms with Crippen LogP contribution in [0, 0.1) is 6.92 Å². The topological polar surface area (TPSA) is 119 Å². The Bertz CT molecular complexity index is 2220. The number of ether oxygens (including phenoxy) is 2. The second-order valence-corrected chi connectivity index (χ2v) is 13.8. The van der Waals surface area contributed by atoms with E-state index >= 15 is 0 Å². The van der Waals surface area contributed by atoms with Crippen LogP contribution in [0.15, 0.2) is 143 Å². The molecule has 0 spiro atoms. The number of hydrogen-bond acceptors (Lipinski definition) is 8. The molecular formula is C42H36N4O5S2. The minimum Gasteiger partial charge on any atom is -0.493 e. The summed E-state index contributed by atoms with van der Waals surface area (Å²) in [6.45, 7) is 2.03. The molecule has 3 amide bonds. The Balaban J connectivity index is 1.19. The highest BCUT2D eigenvalue weighted by Gasteiger charge is 2.24.